The molecule has 1 aromatic heterocycles. The fraction of sp³-hybridized carbons (Fsp3) is 0.0870. The first-order chi connectivity index (χ1) is 15.1. The van der Waals surface area contributed by atoms with Crippen LogP contribution in [0.25, 0.3) is 21.8 Å². The van der Waals surface area contributed by atoms with E-state index in [0.717, 1.165) is 5.56 Å². The quantitative estimate of drug-likeness (QED) is 0.440. The summed E-state index contributed by atoms with van der Waals surface area (Å²) in [6.07, 6.45) is 0. The number of nitrogens with zero attached hydrogens (tertiary/aromatic N) is 4. The van der Waals surface area contributed by atoms with Crippen LogP contribution in [0.2, 0.25) is 0 Å². The van der Waals surface area contributed by atoms with Crippen molar-refractivity contribution in [3.8, 4) is 40.0 Å². The lowest BCUT2D eigenvalue weighted by atomic mass is 10.1. The highest BCUT2D eigenvalue weighted by Gasteiger charge is 2.21. The molecule has 0 aliphatic rings. The summed E-state index contributed by atoms with van der Waals surface area (Å²) in [4.78, 5) is 17.6. The summed E-state index contributed by atoms with van der Waals surface area (Å²) in [5.41, 5.74) is 2.09. The number of thiazole rings is 1. The molecule has 150 valence electrons. The van der Waals surface area contributed by atoms with Gasteiger partial charge in [0.05, 0.1) is 12.3 Å². The summed E-state index contributed by atoms with van der Waals surface area (Å²) in [6.45, 7) is 2.00. The molecule has 0 aliphatic carbocycles. The summed E-state index contributed by atoms with van der Waals surface area (Å²) in [7, 11) is 0. The highest BCUT2D eigenvalue weighted by atomic mass is 32.1. The summed E-state index contributed by atoms with van der Waals surface area (Å²) in [5, 5.41) is 30.6. The zero-order valence-corrected chi connectivity index (χ0v) is 17.2. The number of carbonyl (C=O) groups is 1. The number of ether oxygens (including phenoxy) is 1. The molecule has 0 fully saturated rings. The lowest BCUT2D eigenvalue weighted by molar-refractivity contribution is 0.0532. The molecule has 0 unspecified atom stereocenters. The Morgan fingerprint density at radius 2 is 1.74 bits per heavy atom. The van der Waals surface area contributed by atoms with E-state index in [1.54, 1.807) is 37.3 Å². The minimum atomic E-state index is -0.443. The van der Waals surface area contributed by atoms with E-state index in [0.29, 0.717) is 26.8 Å². The fourth-order valence-electron chi connectivity index (χ4n) is 2.73. The van der Waals surface area contributed by atoms with E-state index in [4.69, 9.17) is 15.3 Å². The second-order valence-corrected chi connectivity index (χ2v) is 7.07. The van der Waals surface area contributed by atoms with Crippen molar-refractivity contribution in [1.82, 2.24) is 4.98 Å². The van der Waals surface area contributed by atoms with Crippen molar-refractivity contribution in [3.05, 3.63) is 70.7 Å². The van der Waals surface area contributed by atoms with Crippen molar-refractivity contribution in [3.63, 3.8) is 0 Å². The monoisotopic (exact) mass is 425 g/mol. The molecule has 0 radical (unpaired) electrons. The SMILES string of the molecule is CCOC(=O)c1sc(-c2cccc(NC(C#N)=C(C#N)C#N)c2)nc1-c1ccccc1. The lowest BCUT2D eigenvalue weighted by Gasteiger charge is -2.06. The van der Waals surface area contributed by atoms with E-state index in [1.807, 2.05) is 42.5 Å². The molecular weight excluding hydrogens is 410 g/mol. The maximum absolute atomic E-state index is 12.5. The third-order valence-electron chi connectivity index (χ3n) is 4.10. The van der Waals surface area contributed by atoms with Gasteiger partial charge in [0.1, 0.15) is 33.8 Å². The van der Waals surface area contributed by atoms with Crippen LogP contribution in [0.1, 0.15) is 16.6 Å². The van der Waals surface area contributed by atoms with Gasteiger partial charge in [0.2, 0.25) is 0 Å². The average molecular weight is 425 g/mol. The Kier molecular flexibility index (Phi) is 6.75. The van der Waals surface area contributed by atoms with Crippen molar-refractivity contribution in [2.45, 2.75) is 6.92 Å². The van der Waals surface area contributed by atoms with Gasteiger partial charge in [0.25, 0.3) is 0 Å². The Morgan fingerprint density at radius 1 is 1.03 bits per heavy atom. The molecule has 1 N–H and O–H groups in total. The lowest BCUT2D eigenvalue weighted by Crippen LogP contribution is -2.03. The Bertz CT molecular complexity index is 1260. The number of allylic oxidation sites excluding steroid dienone is 2. The first kappa shape index (κ1) is 21.3. The number of hydrogen-bond donors (Lipinski definition) is 1. The predicted molar refractivity (Wildman–Crippen MR) is 116 cm³/mol. The van der Waals surface area contributed by atoms with Gasteiger partial charge < -0.3 is 10.1 Å². The van der Waals surface area contributed by atoms with E-state index < -0.39 is 5.97 Å². The molecule has 0 aliphatic heterocycles. The number of carbonyl (C=O) groups excluding carboxylic acids is 1. The molecule has 7 nitrogen and oxygen atoms in total. The van der Waals surface area contributed by atoms with Crippen LogP contribution >= 0.6 is 11.3 Å². The van der Waals surface area contributed by atoms with Gasteiger partial charge in [-0.15, -0.1) is 11.3 Å². The first-order valence-electron chi connectivity index (χ1n) is 9.16. The van der Waals surface area contributed by atoms with E-state index >= 15 is 0 Å². The maximum atomic E-state index is 12.5. The summed E-state index contributed by atoms with van der Waals surface area (Å²) >= 11 is 1.21. The van der Waals surface area contributed by atoms with Crippen molar-refractivity contribution >= 4 is 23.0 Å². The number of esters is 1. The number of aromatic nitrogens is 1. The van der Waals surface area contributed by atoms with Crippen LogP contribution in [-0.4, -0.2) is 17.6 Å². The molecule has 0 saturated carbocycles. The minimum absolute atomic E-state index is 0.140. The number of hydrogen-bond acceptors (Lipinski definition) is 8. The zero-order chi connectivity index (χ0) is 22.2. The van der Waals surface area contributed by atoms with Crippen molar-refractivity contribution in [1.29, 1.82) is 15.8 Å². The summed E-state index contributed by atoms with van der Waals surface area (Å²) in [6, 6.07) is 21.6. The van der Waals surface area contributed by atoms with Crippen molar-refractivity contribution in [2.24, 2.45) is 0 Å². The Balaban J connectivity index is 2.04. The topological polar surface area (TPSA) is 123 Å². The minimum Gasteiger partial charge on any atom is -0.462 e. The summed E-state index contributed by atoms with van der Waals surface area (Å²) in [5.74, 6) is -0.443. The number of anilines is 1. The Hall–Kier alpha value is -4.45. The molecule has 0 amide bonds. The van der Waals surface area contributed by atoms with Crippen LogP contribution in [-0.2, 0) is 4.74 Å². The smallest absolute Gasteiger partial charge is 0.350 e. The number of nitriles is 3. The van der Waals surface area contributed by atoms with E-state index in [9.17, 15) is 10.1 Å². The molecule has 0 saturated heterocycles. The van der Waals surface area contributed by atoms with Crippen LogP contribution in [0.3, 0.4) is 0 Å². The summed E-state index contributed by atoms with van der Waals surface area (Å²) < 4.78 is 5.20. The van der Waals surface area contributed by atoms with Crippen LogP contribution in [0.5, 0.6) is 0 Å². The van der Waals surface area contributed by atoms with Gasteiger partial charge in [0, 0.05) is 16.8 Å². The largest absolute Gasteiger partial charge is 0.462 e. The van der Waals surface area contributed by atoms with Gasteiger partial charge in [-0.25, -0.2) is 9.78 Å². The van der Waals surface area contributed by atoms with Crippen LogP contribution < -0.4 is 5.32 Å². The molecule has 0 atom stereocenters. The molecule has 8 heteroatoms. The molecule has 0 spiro atoms. The van der Waals surface area contributed by atoms with Gasteiger partial charge in [-0.1, -0.05) is 42.5 Å². The van der Waals surface area contributed by atoms with Crippen molar-refractivity contribution in [2.75, 3.05) is 11.9 Å². The van der Waals surface area contributed by atoms with E-state index in [2.05, 4.69) is 10.3 Å². The highest BCUT2D eigenvalue weighted by Crippen LogP contribution is 2.35. The van der Waals surface area contributed by atoms with E-state index in [1.165, 1.54) is 11.3 Å². The average Bonchev–Trinajstić information content (AvgIpc) is 3.26. The molecule has 3 aromatic rings. The fourth-order valence-corrected chi connectivity index (χ4v) is 3.71. The highest BCUT2D eigenvalue weighted by molar-refractivity contribution is 7.17. The molecule has 0 bridgehead atoms. The predicted octanol–water partition coefficient (Wildman–Crippen LogP) is 4.89. The second kappa shape index (κ2) is 9.84. The van der Waals surface area contributed by atoms with Gasteiger partial charge in [-0.3, -0.25) is 0 Å². The van der Waals surface area contributed by atoms with Crippen LogP contribution in [0.15, 0.2) is 65.9 Å². The standard InChI is InChI=1S/C23H15N5O2S/c1-2-30-23(29)21-20(15-7-4-3-5-8-15)28-22(31-21)16-9-6-10-18(11-16)27-19(14-26)17(12-24)13-25/h3-11,27H,2H2,1H3. The molecule has 31 heavy (non-hydrogen) atoms. The Morgan fingerprint density at radius 3 is 2.39 bits per heavy atom. The van der Waals surface area contributed by atoms with Crippen LogP contribution in [0, 0.1) is 34.0 Å². The zero-order valence-electron chi connectivity index (χ0n) is 16.4. The van der Waals surface area contributed by atoms with Crippen molar-refractivity contribution < 1.29 is 9.53 Å². The third kappa shape index (κ3) is 4.76. The first-order valence-corrected chi connectivity index (χ1v) is 9.98. The van der Waals surface area contributed by atoms with Gasteiger partial charge in [-0.2, -0.15) is 15.8 Å². The number of benzene rings is 2. The maximum Gasteiger partial charge on any atom is 0.350 e. The molecular formula is C23H15N5O2S. The van der Waals surface area contributed by atoms with Crippen LogP contribution in [0.4, 0.5) is 5.69 Å². The molecule has 1 heterocycles. The van der Waals surface area contributed by atoms with E-state index in [-0.39, 0.29) is 17.9 Å². The van der Waals surface area contributed by atoms with Gasteiger partial charge in [-0.05, 0) is 19.1 Å². The third-order valence-corrected chi connectivity index (χ3v) is 5.18. The number of nitrogens with one attached hydrogen (secondary N) is 1. The Labute approximate surface area is 183 Å². The normalized spacial score (nSPS) is 9.61. The second-order valence-electron chi connectivity index (χ2n) is 6.07. The van der Waals surface area contributed by atoms with Gasteiger partial charge >= 0.3 is 5.97 Å². The molecule has 2 aromatic carbocycles. The number of rotatable bonds is 6. The van der Waals surface area contributed by atoms with Gasteiger partial charge in [0.15, 0.2) is 5.57 Å². The molecule has 3 rings (SSSR count).